The molecule has 0 aromatic heterocycles. The lowest BCUT2D eigenvalue weighted by Gasteiger charge is -2.10. The van der Waals surface area contributed by atoms with Gasteiger partial charge in [0.15, 0.2) is 5.96 Å². The second-order valence-corrected chi connectivity index (χ2v) is 6.81. The van der Waals surface area contributed by atoms with Crippen LogP contribution in [-0.2, 0) is 16.6 Å². The van der Waals surface area contributed by atoms with Gasteiger partial charge in [-0.3, -0.25) is 9.20 Å². The molecule has 9 heteroatoms. The molecule has 1 atom stereocenters. The minimum absolute atomic E-state index is 0.0891. The van der Waals surface area contributed by atoms with Crippen molar-refractivity contribution in [2.75, 3.05) is 17.6 Å². The Morgan fingerprint density at radius 2 is 1.77 bits per heavy atom. The van der Waals surface area contributed by atoms with E-state index >= 15 is 0 Å². The first-order chi connectivity index (χ1) is 12.3. The molecular formula is C17H18F3N3O2S. The molecule has 0 saturated heterocycles. The van der Waals surface area contributed by atoms with Crippen molar-refractivity contribution in [1.82, 2.24) is 0 Å². The van der Waals surface area contributed by atoms with Gasteiger partial charge in [-0.05, 0) is 29.8 Å². The summed E-state index contributed by atoms with van der Waals surface area (Å²) in [5.74, 6) is 0.570. The Kier molecular flexibility index (Phi) is 7.02. The Morgan fingerprint density at radius 3 is 2.38 bits per heavy atom. The zero-order valence-electron chi connectivity index (χ0n) is 13.7. The van der Waals surface area contributed by atoms with Gasteiger partial charge in [-0.25, -0.2) is 0 Å². The van der Waals surface area contributed by atoms with Crippen molar-refractivity contribution in [2.45, 2.75) is 12.1 Å². The van der Waals surface area contributed by atoms with E-state index in [0.29, 0.717) is 17.2 Å². The van der Waals surface area contributed by atoms with E-state index in [0.717, 1.165) is 17.7 Å². The predicted molar refractivity (Wildman–Crippen MR) is 96.4 cm³/mol. The van der Waals surface area contributed by atoms with E-state index in [1.54, 1.807) is 0 Å². The van der Waals surface area contributed by atoms with Crippen molar-refractivity contribution >= 4 is 22.4 Å². The molecular weight excluding hydrogens is 367 g/mol. The van der Waals surface area contributed by atoms with Crippen molar-refractivity contribution in [3.63, 3.8) is 0 Å². The molecule has 0 bridgehead atoms. The lowest BCUT2D eigenvalue weighted by molar-refractivity contribution is -0.274. The predicted octanol–water partition coefficient (Wildman–Crippen LogP) is 3.26. The normalized spacial score (nSPS) is 13.3. The number of halogens is 3. The first-order valence-corrected chi connectivity index (χ1v) is 9.12. The van der Waals surface area contributed by atoms with E-state index in [2.05, 4.69) is 15.0 Å². The third kappa shape index (κ3) is 7.56. The van der Waals surface area contributed by atoms with Gasteiger partial charge >= 0.3 is 6.36 Å². The second-order valence-electron chi connectivity index (χ2n) is 5.24. The zero-order chi connectivity index (χ0) is 19.0. The minimum Gasteiger partial charge on any atom is -0.406 e. The summed E-state index contributed by atoms with van der Waals surface area (Å²) in [4.78, 5) is 4.06. The molecule has 0 aliphatic rings. The van der Waals surface area contributed by atoms with Gasteiger partial charge < -0.3 is 15.8 Å². The number of guanidine groups is 1. The molecule has 0 heterocycles. The number of hydrogen-bond acceptors (Lipinski definition) is 3. The molecule has 0 saturated carbocycles. The summed E-state index contributed by atoms with van der Waals surface area (Å²) in [7, 11) is -1.06. The summed E-state index contributed by atoms with van der Waals surface area (Å²) < 4.78 is 52.0. The molecule has 26 heavy (non-hydrogen) atoms. The molecule has 0 fully saturated rings. The topological polar surface area (TPSA) is 76.7 Å². The van der Waals surface area contributed by atoms with Crippen molar-refractivity contribution < 1.29 is 22.1 Å². The number of nitrogens with two attached hydrogens (primary N) is 1. The average molecular weight is 385 g/mol. The number of anilines is 1. The first-order valence-electron chi connectivity index (χ1n) is 7.63. The third-order valence-corrected chi connectivity index (χ3v) is 4.43. The van der Waals surface area contributed by atoms with Crippen LogP contribution < -0.4 is 15.8 Å². The fraction of sp³-hybridized carbons (Fsp3) is 0.235. The maximum atomic E-state index is 12.1. The van der Waals surface area contributed by atoms with Crippen LogP contribution in [0.3, 0.4) is 0 Å². The van der Waals surface area contributed by atoms with Gasteiger partial charge in [0.2, 0.25) is 0 Å². The fourth-order valence-electron chi connectivity index (χ4n) is 2.03. The SMILES string of the molecule is NC(=NCCS(=O)Cc1ccccc1)Nc1ccc(OC(F)(F)F)cc1. The number of rotatable bonds is 7. The van der Waals surface area contributed by atoms with Gasteiger partial charge in [0.25, 0.3) is 0 Å². The Hall–Kier alpha value is -2.55. The quantitative estimate of drug-likeness (QED) is 0.567. The molecule has 2 aromatic carbocycles. The lowest BCUT2D eigenvalue weighted by atomic mass is 10.2. The average Bonchev–Trinajstić information content (AvgIpc) is 2.56. The standard InChI is InChI=1S/C17H18F3N3O2S/c18-17(19,20)25-15-8-6-14(7-9-15)23-16(21)22-10-11-26(24)12-13-4-2-1-3-5-13/h1-9H,10-12H2,(H3,21,22,23). The van der Waals surface area contributed by atoms with Crippen molar-refractivity contribution in [1.29, 1.82) is 0 Å². The van der Waals surface area contributed by atoms with Crippen LogP contribution in [-0.4, -0.2) is 28.8 Å². The van der Waals surface area contributed by atoms with E-state index in [-0.39, 0.29) is 18.3 Å². The number of nitrogens with zero attached hydrogens (tertiary/aromatic N) is 1. The van der Waals surface area contributed by atoms with E-state index in [1.165, 1.54) is 12.1 Å². The molecule has 5 nitrogen and oxygen atoms in total. The Balaban J connectivity index is 1.78. The molecule has 0 aliphatic carbocycles. The van der Waals surface area contributed by atoms with Crippen molar-refractivity contribution in [3.05, 3.63) is 60.2 Å². The number of aliphatic imine (C=N–C) groups is 1. The Labute approximate surface area is 151 Å². The van der Waals surface area contributed by atoms with Gasteiger partial charge in [-0.1, -0.05) is 30.3 Å². The first kappa shape index (κ1) is 19.8. The van der Waals surface area contributed by atoms with Gasteiger partial charge in [0.05, 0.1) is 6.54 Å². The van der Waals surface area contributed by atoms with Gasteiger partial charge in [-0.15, -0.1) is 13.2 Å². The second kappa shape index (κ2) is 9.23. The minimum atomic E-state index is -4.73. The van der Waals surface area contributed by atoms with Crippen LogP contribution in [0.15, 0.2) is 59.6 Å². The molecule has 0 amide bonds. The lowest BCUT2D eigenvalue weighted by Crippen LogP contribution is -2.23. The molecule has 0 spiro atoms. The highest BCUT2D eigenvalue weighted by Crippen LogP contribution is 2.23. The number of benzene rings is 2. The summed E-state index contributed by atoms with van der Waals surface area (Å²) in [6, 6.07) is 14.6. The summed E-state index contributed by atoms with van der Waals surface area (Å²) in [6.45, 7) is 0.271. The number of alkyl halides is 3. The van der Waals surface area contributed by atoms with Crippen LogP contribution in [0.5, 0.6) is 5.75 Å². The largest absolute Gasteiger partial charge is 0.573 e. The van der Waals surface area contributed by atoms with Crippen molar-refractivity contribution in [2.24, 2.45) is 10.7 Å². The number of nitrogens with one attached hydrogen (secondary N) is 1. The summed E-state index contributed by atoms with van der Waals surface area (Å²) in [5.41, 5.74) is 7.17. The molecule has 2 rings (SSSR count). The van der Waals surface area contributed by atoms with Crippen LogP contribution in [0.2, 0.25) is 0 Å². The molecule has 2 aromatic rings. The monoisotopic (exact) mass is 385 g/mol. The van der Waals surface area contributed by atoms with Crippen LogP contribution in [0, 0.1) is 0 Å². The Morgan fingerprint density at radius 1 is 1.12 bits per heavy atom. The van der Waals surface area contributed by atoms with E-state index in [4.69, 9.17) is 5.73 Å². The van der Waals surface area contributed by atoms with E-state index in [1.807, 2.05) is 30.3 Å². The maximum Gasteiger partial charge on any atom is 0.573 e. The fourth-order valence-corrected chi connectivity index (χ4v) is 3.03. The highest BCUT2D eigenvalue weighted by molar-refractivity contribution is 7.84. The smallest absolute Gasteiger partial charge is 0.406 e. The Bertz CT molecular complexity index is 750. The molecule has 0 radical (unpaired) electrons. The molecule has 3 N–H and O–H groups in total. The van der Waals surface area contributed by atoms with Gasteiger partial charge in [-0.2, -0.15) is 0 Å². The van der Waals surface area contributed by atoms with Crippen LogP contribution in [0.4, 0.5) is 18.9 Å². The van der Waals surface area contributed by atoms with Crippen molar-refractivity contribution in [3.8, 4) is 5.75 Å². The highest BCUT2D eigenvalue weighted by atomic mass is 32.2. The van der Waals surface area contributed by atoms with Gasteiger partial charge in [0, 0.05) is 28.0 Å². The van der Waals surface area contributed by atoms with E-state index in [9.17, 15) is 17.4 Å². The van der Waals surface area contributed by atoms with Crippen LogP contribution in [0.1, 0.15) is 5.56 Å². The molecule has 1 unspecified atom stereocenters. The van der Waals surface area contributed by atoms with Crippen LogP contribution >= 0.6 is 0 Å². The highest BCUT2D eigenvalue weighted by Gasteiger charge is 2.30. The number of ether oxygens (including phenoxy) is 1. The maximum absolute atomic E-state index is 12.1. The molecule has 140 valence electrons. The summed E-state index contributed by atoms with van der Waals surface area (Å²) in [5, 5.41) is 2.75. The third-order valence-electron chi connectivity index (χ3n) is 3.13. The molecule has 0 aliphatic heterocycles. The summed E-state index contributed by atoms with van der Waals surface area (Å²) >= 11 is 0. The summed E-state index contributed by atoms with van der Waals surface area (Å²) in [6.07, 6.45) is -4.73. The van der Waals surface area contributed by atoms with Gasteiger partial charge in [0.1, 0.15) is 5.75 Å². The van der Waals surface area contributed by atoms with E-state index < -0.39 is 17.2 Å². The number of hydrogen-bond donors (Lipinski definition) is 2. The zero-order valence-corrected chi connectivity index (χ0v) is 14.5. The van der Waals surface area contributed by atoms with Crippen LogP contribution in [0.25, 0.3) is 0 Å².